The van der Waals surface area contributed by atoms with Crippen LogP contribution in [0.25, 0.3) is 0 Å². The van der Waals surface area contributed by atoms with Gasteiger partial charge in [-0.25, -0.2) is 0 Å². The normalized spacial score (nSPS) is 14.7. The fourth-order valence-electron chi connectivity index (χ4n) is 2.89. The topological polar surface area (TPSA) is 71.5 Å². The molecule has 0 spiro atoms. The Kier molecular flexibility index (Phi) is 5.56. The third-order valence-corrected chi connectivity index (χ3v) is 4.55. The van der Waals surface area contributed by atoms with Gasteiger partial charge in [-0.3, -0.25) is 14.6 Å². The van der Waals surface area contributed by atoms with Crippen LogP contribution in [0.3, 0.4) is 0 Å². The highest BCUT2D eigenvalue weighted by molar-refractivity contribution is 6.05. The van der Waals surface area contributed by atoms with Crippen LogP contribution in [0, 0.1) is 0 Å². The number of nitrogens with one attached hydrogen (secondary N) is 1. The summed E-state index contributed by atoms with van der Waals surface area (Å²) in [5.41, 5.74) is 2.72. The number of carbonyl (C=O) groups excluding carboxylic acids is 2. The molecule has 0 bridgehead atoms. The highest BCUT2D eigenvalue weighted by atomic mass is 16.5. The lowest BCUT2D eigenvalue weighted by atomic mass is 9.87. The van der Waals surface area contributed by atoms with E-state index < -0.39 is 0 Å². The first-order valence-corrected chi connectivity index (χ1v) is 9.08. The predicted molar refractivity (Wildman–Crippen MR) is 104 cm³/mol. The van der Waals surface area contributed by atoms with Crippen molar-refractivity contribution in [3.63, 3.8) is 0 Å². The summed E-state index contributed by atoms with van der Waals surface area (Å²) in [5.74, 6) is -0.419. The van der Waals surface area contributed by atoms with Crippen LogP contribution in [0.2, 0.25) is 0 Å². The number of nitrogens with zero attached hydrogens (tertiary/aromatic N) is 2. The van der Waals surface area contributed by atoms with Crippen LogP contribution in [-0.2, 0) is 10.2 Å². The van der Waals surface area contributed by atoms with E-state index >= 15 is 0 Å². The number of hydrogen-bond donors (Lipinski definition) is 1. The molecule has 2 heterocycles. The number of morpholine rings is 1. The molecular formula is C21H25N3O3. The molecular weight excluding hydrogens is 342 g/mol. The third-order valence-electron chi connectivity index (χ3n) is 4.55. The molecule has 0 atom stereocenters. The van der Waals surface area contributed by atoms with Crippen molar-refractivity contribution in [3.8, 4) is 0 Å². The van der Waals surface area contributed by atoms with Crippen LogP contribution in [0.1, 0.15) is 47.1 Å². The van der Waals surface area contributed by atoms with Gasteiger partial charge in [0.2, 0.25) is 0 Å². The van der Waals surface area contributed by atoms with Gasteiger partial charge in [-0.2, -0.15) is 0 Å². The van der Waals surface area contributed by atoms with Crippen LogP contribution >= 0.6 is 0 Å². The summed E-state index contributed by atoms with van der Waals surface area (Å²) in [4.78, 5) is 30.9. The van der Waals surface area contributed by atoms with E-state index in [1.165, 1.54) is 18.0 Å². The molecule has 1 aromatic carbocycles. The predicted octanol–water partition coefficient (Wildman–Crippen LogP) is 3.10. The number of hydrogen-bond acceptors (Lipinski definition) is 4. The fourth-order valence-corrected chi connectivity index (χ4v) is 2.89. The van der Waals surface area contributed by atoms with Crippen LogP contribution in [0.15, 0.2) is 42.7 Å². The maximum Gasteiger partial charge on any atom is 0.257 e. The highest BCUT2D eigenvalue weighted by Gasteiger charge is 2.20. The monoisotopic (exact) mass is 367 g/mol. The smallest absolute Gasteiger partial charge is 0.257 e. The second-order valence-electron chi connectivity index (χ2n) is 7.65. The molecule has 1 N–H and O–H groups in total. The summed E-state index contributed by atoms with van der Waals surface area (Å²) in [6.07, 6.45) is 2.96. The van der Waals surface area contributed by atoms with Crippen LogP contribution in [0.5, 0.6) is 0 Å². The maximum atomic E-state index is 12.6. The molecule has 6 heteroatoms. The van der Waals surface area contributed by atoms with E-state index in [2.05, 4.69) is 31.1 Å². The Morgan fingerprint density at radius 3 is 2.30 bits per heavy atom. The molecule has 3 rings (SSSR count). The lowest BCUT2D eigenvalue weighted by Gasteiger charge is -2.26. The Morgan fingerprint density at radius 2 is 1.67 bits per heavy atom. The number of benzene rings is 1. The van der Waals surface area contributed by atoms with Crippen molar-refractivity contribution < 1.29 is 14.3 Å². The quantitative estimate of drug-likeness (QED) is 0.905. The average Bonchev–Trinajstić information content (AvgIpc) is 2.68. The molecule has 1 aromatic heterocycles. The summed E-state index contributed by atoms with van der Waals surface area (Å²) in [6.45, 7) is 8.59. The number of rotatable bonds is 3. The Bertz CT molecular complexity index is 819. The number of anilines is 1. The first-order valence-electron chi connectivity index (χ1n) is 9.08. The summed E-state index contributed by atoms with van der Waals surface area (Å²) < 4.78 is 5.27. The highest BCUT2D eigenvalue weighted by Crippen LogP contribution is 2.23. The molecule has 0 aliphatic carbocycles. The SMILES string of the molecule is CC(C)(C)c1ccc(NC(=O)c2cncc(C(=O)N3CCOCC3)c2)cc1. The molecule has 6 nitrogen and oxygen atoms in total. The second-order valence-corrected chi connectivity index (χ2v) is 7.65. The van der Waals surface area contributed by atoms with Gasteiger partial charge in [0.05, 0.1) is 24.3 Å². The fraction of sp³-hybridized carbons (Fsp3) is 0.381. The number of pyridine rings is 1. The second kappa shape index (κ2) is 7.88. The molecule has 1 aliphatic rings. The van der Waals surface area contributed by atoms with E-state index in [-0.39, 0.29) is 17.2 Å². The molecule has 2 amide bonds. The molecule has 0 radical (unpaired) electrons. The maximum absolute atomic E-state index is 12.6. The summed E-state index contributed by atoms with van der Waals surface area (Å²) in [5, 5.41) is 2.86. The number of aromatic nitrogens is 1. The average molecular weight is 367 g/mol. The zero-order valence-corrected chi connectivity index (χ0v) is 16.0. The van der Waals surface area contributed by atoms with E-state index in [1.54, 1.807) is 11.0 Å². The summed E-state index contributed by atoms with van der Waals surface area (Å²) in [7, 11) is 0. The van der Waals surface area contributed by atoms with Gasteiger partial charge in [-0.05, 0) is 29.2 Å². The van der Waals surface area contributed by atoms with E-state index in [9.17, 15) is 9.59 Å². The van der Waals surface area contributed by atoms with E-state index in [1.807, 2.05) is 24.3 Å². The zero-order valence-electron chi connectivity index (χ0n) is 16.0. The zero-order chi connectivity index (χ0) is 19.4. The molecule has 1 fully saturated rings. The molecule has 0 saturated carbocycles. The minimum absolute atomic E-state index is 0.0562. The lowest BCUT2D eigenvalue weighted by molar-refractivity contribution is 0.0302. The van der Waals surface area contributed by atoms with Gasteiger partial charge < -0.3 is 15.0 Å². The Balaban J connectivity index is 1.70. The Labute approximate surface area is 159 Å². The summed E-state index contributed by atoms with van der Waals surface area (Å²) >= 11 is 0. The van der Waals surface area contributed by atoms with Gasteiger partial charge in [-0.15, -0.1) is 0 Å². The molecule has 0 unspecified atom stereocenters. The van der Waals surface area contributed by atoms with Crippen molar-refractivity contribution in [3.05, 3.63) is 59.4 Å². The van der Waals surface area contributed by atoms with Gasteiger partial charge in [0, 0.05) is 31.2 Å². The van der Waals surface area contributed by atoms with E-state index in [4.69, 9.17) is 4.74 Å². The Hall–Kier alpha value is -2.73. The van der Waals surface area contributed by atoms with Crippen molar-refractivity contribution in [2.45, 2.75) is 26.2 Å². The van der Waals surface area contributed by atoms with Gasteiger partial charge >= 0.3 is 0 Å². The van der Waals surface area contributed by atoms with Gasteiger partial charge in [0.15, 0.2) is 0 Å². The minimum Gasteiger partial charge on any atom is -0.378 e. The third kappa shape index (κ3) is 4.71. The minimum atomic E-state index is -0.289. The molecule has 142 valence electrons. The van der Waals surface area contributed by atoms with E-state index in [0.717, 1.165) is 0 Å². The standard InChI is InChI=1S/C21H25N3O3/c1-21(2,3)17-4-6-18(7-5-17)23-19(25)15-12-16(14-22-13-15)20(26)24-8-10-27-11-9-24/h4-7,12-14H,8-11H2,1-3H3,(H,23,25). The molecule has 27 heavy (non-hydrogen) atoms. The summed E-state index contributed by atoms with van der Waals surface area (Å²) in [6, 6.07) is 9.37. The molecule has 2 aromatic rings. The van der Waals surface area contributed by atoms with Crippen molar-refractivity contribution >= 4 is 17.5 Å². The van der Waals surface area contributed by atoms with Crippen LogP contribution < -0.4 is 5.32 Å². The largest absolute Gasteiger partial charge is 0.378 e. The van der Waals surface area contributed by atoms with Crippen LogP contribution in [0.4, 0.5) is 5.69 Å². The van der Waals surface area contributed by atoms with Crippen LogP contribution in [-0.4, -0.2) is 48.0 Å². The lowest BCUT2D eigenvalue weighted by Crippen LogP contribution is -2.40. The van der Waals surface area contributed by atoms with Crippen molar-refractivity contribution in [2.24, 2.45) is 0 Å². The van der Waals surface area contributed by atoms with E-state index in [0.29, 0.717) is 43.1 Å². The first-order chi connectivity index (χ1) is 12.8. The Morgan fingerprint density at radius 1 is 1.04 bits per heavy atom. The molecule has 1 saturated heterocycles. The number of amides is 2. The number of carbonyl (C=O) groups is 2. The van der Waals surface area contributed by atoms with Gasteiger partial charge in [0.1, 0.15) is 0 Å². The van der Waals surface area contributed by atoms with Crippen molar-refractivity contribution in [1.29, 1.82) is 0 Å². The van der Waals surface area contributed by atoms with Gasteiger partial charge in [0.25, 0.3) is 11.8 Å². The van der Waals surface area contributed by atoms with Gasteiger partial charge in [-0.1, -0.05) is 32.9 Å². The number of ether oxygens (including phenoxy) is 1. The van der Waals surface area contributed by atoms with Crippen molar-refractivity contribution in [2.75, 3.05) is 31.6 Å². The molecule has 1 aliphatic heterocycles. The van der Waals surface area contributed by atoms with Crippen molar-refractivity contribution in [1.82, 2.24) is 9.88 Å². The first kappa shape index (κ1) is 19.0.